The van der Waals surface area contributed by atoms with E-state index in [-0.39, 0.29) is 11.9 Å². The highest BCUT2D eigenvalue weighted by atomic mass is 16.1. The van der Waals surface area contributed by atoms with Crippen molar-refractivity contribution in [2.75, 3.05) is 13.1 Å². The van der Waals surface area contributed by atoms with Crippen molar-refractivity contribution in [2.45, 2.75) is 19.4 Å². The fourth-order valence-corrected chi connectivity index (χ4v) is 3.12. The van der Waals surface area contributed by atoms with Crippen LogP contribution < -0.4 is 10.6 Å². The first-order valence-corrected chi connectivity index (χ1v) is 8.85. The van der Waals surface area contributed by atoms with E-state index < -0.39 is 0 Å². The van der Waals surface area contributed by atoms with Gasteiger partial charge in [0, 0.05) is 12.1 Å². The van der Waals surface area contributed by atoms with Crippen LogP contribution in [-0.2, 0) is 11.2 Å². The first-order valence-electron chi connectivity index (χ1n) is 8.85. The van der Waals surface area contributed by atoms with Gasteiger partial charge < -0.3 is 10.6 Å². The molecule has 0 saturated heterocycles. The van der Waals surface area contributed by atoms with Gasteiger partial charge in [0.2, 0.25) is 0 Å². The van der Waals surface area contributed by atoms with Crippen molar-refractivity contribution in [1.29, 1.82) is 0 Å². The number of carbonyl (C=O) groups is 1. The Morgan fingerprint density at radius 1 is 0.960 bits per heavy atom. The number of quaternary nitrogens is 1. The number of nitrogens with two attached hydrogens (primary N) is 1. The molecular formula is C22H25N2O+. The van der Waals surface area contributed by atoms with Gasteiger partial charge >= 0.3 is 0 Å². The summed E-state index contributed by atoms with van der Waals surface area (Å²) in [6, 6.07) is 25.2. The molecule has 0 unspecified atom stereocenters. The standard InChI is InChI=1S/C22H24N2O/c1-17(20-13-7-11-19-10-5-6-12-21(19)20)24-16-22(25)23-15-14-18-8-3-2-4-9-18/h2-13,17,24H,14-16H2,1H3,(H,23,25)/p+1/t17-/m0/s1. The van der Waals surface area contributed by atoms with Crippen LogP contribution in [0.3, 0.4) is 0 Å². The van der Waals surface area contributed by atoms with E-state index in [1.807, 2.05) is 18.2 Å². The summed E-state index contributed by atoms with van der Waals surface area (Å²) in [5.74, 6) is 0.0861. The van der Waals surface area contributed by atoms with Gasteiger partial charge in [-0.2, -0.15) is 0 Å². The molecule has 3 rings (SSSR count). The Kier molecular flexibility index (Phi) is 5.81. The molecule has 3 heteroatoms. The van der Waals surface area contributed by atoms with Crippen LogP contribution in [0.15, 0.2) is 72.8 Å². The van der Waals surface area contributed by atoms with Crippen LogP contribution >= 0.6 is 0 Å². The Bertz CT molecular complexity index is 824. The van der Waals surface area contributed by atoms with Gasteiger partial charge in [0.05, 0.1) is 0 Å². The molecule has 0 bridgehead atoms. The second kappa shape index (κ2) is 8.45. The zero-order valence-corrected chi connectivity index (χ0v) is 14.6. The third kappa shape index (κ3) is 4.68. The maximum Gasteiger partial charge on any atom is 0.275 e. The Morgan fingerprint density at radius 3 is 2.52 bits per heavy atom. The zero-order valence-electron chi connectivity index (χ0n) is 14.6. The average Bonchev–Trinajstić information content (AvgIpc) is 2.66. The highest BCUT2D eigenvalue weighted by molar-refractivity contribution is 5.85. The van der Waals surface area contributed by atoms with Gasteiger partial charge in [-0.25, -0.2) is 0 Å². The number of benzene rings is 3. The van der Waals surface area contributed by atoms with E-state index in [0.29, 0.717) is 13.1 Å². The summed E-state index contributed by atoms with van der Waals surface area (Å²) in [5.41, 5.74) is 2.52. The van der Waals surface area contributed by atoms with Crippen LogP contribution in [0.5, 0.6) is 0 Å². The summed E-state index contributed by atoms with van der Waals surface area (Å²) in [5, 5.41) is 7.61. The summed E-state index contributed by atoms with van der Waals surface area (Å²) in [7, 11) is 0. The quantitative estimate of drug-likeness (QED) is 0.686. The molecule has 0 radical (unpaired) electrons. The number of hydrogen-bond acceptors (Lipinski definition) is 1. The zero-order chi connectivity index (χ0) is 17.5. The number of amides is 1. The van der Waals surface area contributed by atoms with Gasteiger partial charge in [-0.05, 0) is 29.7 Å². The minimum atomic E-state index is 0.0861. The van der Waals surface area contributed by atoms with Crippen LogP contribution in [0.25, 0.3) is 10.8 Å². The first-order chi connectivity index (χ1) is 12.2. The topological polar surface area (TPSA) is 45.7 Å². The molecule has 0 aliphatic carbocycles. The summed E-state index contributed by atoms with van der Waals surface area (Å²) in [6.07, 6.45) is 0.867. The fourth-order valence-electron chi connectivity index (χ4n) is 3.12. The summed E-state index contributed by atoms with van der Waals surface area (Å²) in [4.78, 5) is 12.1. The molecule has 3 nitrogen and oxygen atoms in total. The lowest BCUT2D eigenvalue weighted by Gasteiger charge is -2.13. The van der Waals surface area contributed by atoms with E-state index >= 15 is 0 Å². The predicted molar refractivity (Wildman–Crippen MR) is 102 cm³/mol. The molecule has 25 heavy (non-hydrogen) atoms. The lowest BCUT2D eigenvalue weighted by Crippen LogP contribution is -2.87. The third-order valence-electron chi connectivity index (χ3n) is 4.55. The Morgan fingerprint density at radius 2 is 1.68 bits per heavy atom. The lowest BCUT2D eigenvalue weighted by atomic mass is 10.00. The van der Waals surface area contributed by atoms with Crippen LogP contribution in [0, 0.1) is 0 Å². The first kappa shape index (κ1) is 17.2. The maximum atomic E-state index is 12.1. The van der Waals surface area contributed by atoms with Gasteiger partial charge in [-0.15, -0.1) is 0 Å². The molecule has 1 atom stereocenters. The highest BCUT2D eigenvalue weighted by Crippen LogP contribution is 2.21. The molecule has 0 fully saturated rings. The van der Waals surface area contributed by atoms with Crippen molar-refractivity contribution in [1.82, 2.24) is 5.32 Å². The Hall–Kier alpha value is -2.65. The number of rotatable bonds is 7. The molecule has 3 aromatic carbocycles. The number of carbonyl (C=O) groups excluding carboxylic acids is 1. The minimum absolute atomic E-state index is 0.0861. The smallest absolute Gasteiger partial charge is 0.275 e. The normalized spacial score (nSPS) is 12.0. The van der Waals surface area contributed by atoms with E-state index in [0.717, 1.165) is 6.42 Å². The third-order valence-corrected chi connectivity index (χ3v) is 4.55. The largest absolute Gasteiger partial charge is 0.351 e. The van der Waals surface area contributed by atoms with E-state index in [4.69, 9.17) is 0 Å². The second-order valence-corrected chi connectivity index (χ2v) is 6.38. The van der Waals surface area contributed by atoms with Crippen molar-refractivity contribution in [2.24, 2.45) is 0 Å². The van der Waals surface area contributed by atoms with Gasteiger partial charge in [0.1, 0.15) is 6.04 Å². The molecule has 0 aromatic heterocycles. The lowest BCUT2D eigenvalue weighted by molar-refractivity contribution is -0.682. The molecule has 0 spiro atoms. The molecule has 1 amide bonds. The van der Waals surface area contributed by atoms with Crippen LogP contribution in [0.2, 0.25) is 0 Å². The predicted octanol–water partition coefficient (Wildman–Crippen LogP) is 2.82. The molecule has 0 aliphatic heterocycles. The summed E-state index contributed by atoms with van der Waals surface area (Å²) in [6.45, 7) is 3.28. The Labute approximate surface area is 149 Å². The number of fused-ring (bicyclic) bond motifs is 1. The maximum absolute atomic E-state index is 12.1. The number of hydrogen-bond donors (Lipinski definition) is 2. The van der Waals surface area contributed by atoms with E-state index in [1.54, 1.807) is 0 Å². The van der Waals surface area contributed by atoms with E-state index in [1.165, 1.54) is 21.9 Å². The van der Waals surface area contributed by atoms with Crippen molar-refractivity contribution in [3.8, 4) is 0 Å². The van der Waals surface area contributed by atoms with E-state index in [9.17, 15) is 4.79 Å². The minimum Gasteiger partial charge on any atom is -0.351 e. The molecule has 3 N–H and O–H groups in total. The van der Waals surface area contributed by atoms with Crippen molar-refractivity contribution < 1.29 is 10.1 Å². The molecule has 0 saturated carbocycles. The SMILES string of the molecule is C[C@H]([NH2+]CC(=O)NCCc1ccccc1)c1cccc2ccccc12. The van der Waals surface area contributed by atoms with Crippen molar-refractivity contribution in [3.63, 3.8) is 0 Å². The average molecular weight is 333 g/mol. The van der Waals surface area contributed by atoms with Crippen LogP contribution in [0.4, 0.5) is 0 Å². The van der Waals surface area contributed by atoms with Gasteiger partial charge in [0.25, 0.3) is 5.91 Å². The van der Waals surface area contributed by atoms with Gasteiger partial charge in [-0.3, -0.25) is 4.79 Å². The van der Waals surface area contributed by atoms with Crippen molar-refractivity contribution >= 4 is 16.7 Å². The monoisotopic (exact) mass is 333 g/mol. The second-order valence-electron chi connectivity index (χ2n) is 6.38. The molecule has 0 heterocycles. The summed E-state index contributed by atoms with van der Waals surface area (Å²) < 4.78 is 0. The molecule has 0 aliphatic rings. The highest BCUT2D eigenvalue weighted by Gasteiger charge is 2.13. The van der Waals surface area contributed by atoms with Gasteiger partial charge in [-0.1, -0.05) is 72.8 Å². The summed E-state index contributed by atoms with van der Waals surface area (Å²) >= 11 is 0. The van der Waals surface area contributed by atoms with Gasteiger partial charge in [0.15, 0.2) is 6.54 Å². The number of nitrogens with one attached hydrogen (secondary N) is 1. The molecule has 128 valence electrons. The fraction of sp³-hybridized carbons (Fsp3) is 0.227. The van der Waals surface area contributed by atoms with Crippen LogP contribution in [0.1, 0.15) is 24.1 Å². The van der Waals surface area contributed by atoms with Crippen molar-refractivity contribution in [3.05, 3.63) is 83.9 Å². The van der Waals surface area contributed by atoms with Crippen LogP contribution in [-0.4, -0.2) is 19.0 Å². The van der Waals surface area contributed by atoms with E-state index in [2.05, 4.69) is 72.2 Å². The Balaban J connectivity index is 1.49. The molecule has 3 aromatic rings. The molecular weight excluding hydrogens is 308 g/mol.